The predicted molar refractivity (Wildman–Crippen MR) is 84.5 cm³/mol. The van der Waals surface area contributed by atoms with Gasteiger partial charge in [0, 0.05) is 26.2 Å². The van der Waals surface area contributed by atoms with E-state index in [9.17, 15) is 9.18 Å². The number of hydrogen-bond donors (Lipinski definition) is 1. The lowest BCUT2D eigenvalue weighted by Gasteiger charge is -2.37. The van der Waals surface area contributed by atoms with Crippen molar-refractivity contribution in [2.75, 3.05) is 26.2 Å². The molecule has 0 aromatic heterocycles. The Morgan fingerprint density at radius 1 is 1.33 bits per heavy atom. The van der Waals surface area contributed by atoms with Crippen molar-refractivity contribution in [3.8, 4) is 0 Å². The maximum atomic E-state index is 13.6. The molecule has 1 fully saturated rings. The molecule has 1 aromatic carbocycles. The molecular formula is C15H20FN3OS. The summed E-state index contributed by atoms with van der Waals surface area (Å²) in [5, 5.41) is 0. The molecule has 1 unspecified atom stereocenters. The van der Waals surface area contributed by atoms with E-state index in [2.05, 4.69) is 4.90 Å². The zero-order chi connectivity index (χ0) is 15.4. The Labute approximate surface area is 129 Å². The van der Waals surface area contributed by atoms with Crippen LogP contribution in [0, 0.1) is 5.82 Å². The zero-order valence-electron chi connectivity index (χ0n) is 12.1. The average Bonchev–Trinajstić information content (AvgIpc) is 2.49. The number of nitrogens with zero attached hydrogens (tertiary/aromatic N) is 2. The Morgan fingerprint density at radius 3 is 2.52 bits per heavy atom. The molecule has 0 radical (unpaired) electrons. The minimum Gasteiger partial charge on any atom is -0.392 e. The van der Waals surface area contributed by atoms with Crippen LogP contribution in [0.15, 0.2) is 24.3 Å². The normalized spacial score (nSPS) is 17.5. The molecule has 0 spiro atoms. The van der Waals surface area contributed by atoms with E-state index in [1.165, 1.54) is 6.07 Å². The van der Waals surface area contributed by atoms with Gasteiger partial charge in [-0.25, -0.2) is 4.39 Å². The zero-order valence-corrected chi connectivity index (χ0v) is 12.9. The maximum absolute atomic E-state index is 13.6. The fourth-order valence-electron chi connectivity index (χ4n) is 2.46. The molecule has 6 heteroatoms. The van der Waals surface area contributed by atoms with E-state index in [0.29, 0.717) is 23.6 Å². The van der Waals surface area contributed by atoms with Crippen LogP contribution in [0.1, 0.15) is 12.5 Å². The van der Waals surface area contributed by atoms with Gasteiger partial charge in [-0.15, -0.1) is 0 Å². The lowest BCUT2D eigenvalue weighted by molar-refractivity contribution is -0.132. The first-order chi connectivity index (χ1) is 9.99. The smallest absolute Gasteiger partial charge is 0.227 e. The van der Waals surface area contributed by atoms with Crippen molar-refractivity contribution in [2.45, 2.75) is 19.4 Å². The van der Waals surface area contributed by atoms with Gasteiger partial charge in [0.05, 0.1) is 17.5 Å². The Balaban J connectivity index is 1.89. The van der Waals surface area contributed by atoms with Crippen LogP contribution in [0.5, 0.6) is 0 Å². The van der Waals surface area contributed by atoms with Crippen LogP contribution in [0.25, 0.3) is 0 Å². The number of halogens is 1. The van der Waals surface area contributed by atoms with Crippen molar-refractivity contribution < 1.29 is 9.18 Å². The Kier molecular flexibility index (Phi) is 5.25. The van der Waals surface area contributed by atoms with E-state index >= 15 is 0 Å². The number of hydrogen-bond acceptors (Lipinski definition) is 3. The van der Waals surface area contributed by atoms with Gasteiger partial charge in [-0.1, -0.05) is 30.4 Å². The molecule has 0 bridgehead atoms. The minimum absolute atomic E-state index is 0.0391. The molecule has 21 heavy (non-hydrogen) atoms. The van der Waals surface area contributed by atoms with E-state index in [0.717, 1.165) is 13.1 Å². The summed E-state index contributed by atoms with van der Waals surface area (Å²) in [6, 6.07) is 6.44. The van der Waals surface area contributed by atoms with Crippen molar-refractivity contribution in [2.24, 2.45) is 5.73 Å². The topological polar surface area (TPSA) is 49.6 Å². The molecule has 1 saturated heterocycles. The number of rotatable bonds is 4. The molecule has 1 aromatic rings. The average molecular weight is 309 g/mol. The first-order valence-electron chi connectivity index (χ1n) is 7.03. The highest BCUT2D eigenvalue weighted by molar-refractivity contribution is 7.80. The summed E-state index contributed by atoms with van der Waals surface area (Å²) < 4.78 is 13.6. The van der Waals surface area contributed by atoms with Crippen LogP contribution in [0.3, 0.4) is 0 Å². The third kappa shape index (κ3) is 3.98. The van der Waals surface area contributed by atoms with E-state index in [4.69, 9.17) is 18.0 Å². The van der Waals surface area contributed by atoms with Crippen LogP contribution in [0.4, 0.5) is 4.39 Å². The van der Waals surface area contributed by atoms with Crippen LogP contribution < -0.4 is 5.73 Å². The largest absolute Gasteiger partial charge is 0.392 e. The number of piperazine rings is 1. The molecule has 0 saturated carbocycles. The second kappa shape index (κ2) is 6.95. The highest BCUT2D eigenvalue weighted by Crippen LogP contribution is 2.11. The third-order valence-electron chi connectivity index (χ3n) is 3.93. The summed E-state index contributed by atoms with van der Waals surface area (Å²) >= 11 is 5.00. The van der Waals surface area contributed by atoms with Crippen LogP contribution in [-0.4, -0.2) is 52.9 Å². The predicted octanol–water partition coefficient (Wildman–Crippen LogP) is 1.19. The second-order valence-electron chi connectivity index (χ2n) is 5.26. The quantitative estimate of drug-likeness (QED) is 0.849. The van der Waals surface area contributed by atoms with Gasteiger partial charge in [-0.2, -0.15) is 0 Å². The first-order valence-corrected chi connectivity index (χ1v) is 7.44. The molecular weight excluding hydrogens is 289 g/mol. The van der Waals surface area contributed by atoms with Crippen molar-refractivity contribution >= 4 is 23.1 Å². The molecule has 1 amide bonds. The standard InChI is InChI=1S/C15H20FN3OS/c1-11(15(17)21)18-6-8-19(9-7-18)14(20)10-12-4-2-3-5-13(12)16/h2-5,11H,6-10H2,1H3,(H2,17,21). The molecule has 1 aliphatic heterocycles. The van der Waals surface area contributed by atoms with Crippen LogP contribution in [0.2, 0.25) is 0 Å². The number of amides is 1. The van der Waals surface area contributed by atoms with Gasteiger partial charge in [-0.05, 0) is 18.6 Å². The van der Waals surface area contributed by atoms with Crippen molar-refractivity contribution in [3.63, 3.8) is 0 Å². The Morgan fingerprint density at radius 2 is 1.95 bits per heavy atom. The summed E-state index contributed by atoms with van der Waals surface area (Å²) in [4.78, 5) is 16.6. The fraction of sp³-hybridized carbons (Fsp3) is 0.467. The number of thiocarbonyl (C=S) groups is 1. The molecule has 0 aliphatic carbocycles. The highest BCUT2D eigenvalue weighted by Gasteiger charge is 2.25. The Hall–Kier alpha value is -1.53. The molecule has 1 heterocycles. The molecule has 114 valence electrons. The van der Waals surface area contributed by atoms with Crippen molar-refractivity contribution in [3.05, 3.63) is 35.6 Å². The first kappa shape index (κ1) is 15.9. The summed E-state index contributed by atoms with van der Waals surface area (Å²) in [7, 11) is 0. The van der Waals surface area contributed by atoms with Gasteiger partial charge in [0.15, 0.2) is 0 Å². The molecule has 1 atom stereocenters. The maximum Gasteiger partial charge on any atom is 0.227 e. The van der Waals surface area contributed by atoms with Gasteiger partial charge in [0.2, 0.25) is 5.91 Å². The third-order valence-corrected chi connectivity index (χ3v) is 4.27. The van der Waals surface area contributed by atoms with E-state index in [1.807, 2.05) is 6.92 Å². The van der Waals surface area contributed by atoms with Crippen molar-refractivity contribution in [1.82, 2.24) is 9.80 Å². The fourth-order valence-corrected chi connectivity index (χ4v) is 2.60. The van der Waals surface area contributed by atoms with Crippen LogP contribution in [-0.2, 0) is 11.2 Å². The molecule has 4 nitrogen and oxygen atoms in total. The van der Waals surface area contributed by atoms with Gasteiger partial charge < -0.3 is 10.6 Å². The minimum atomic E-state index is -0.327. The van der Waals surface area contributed by atoms with E-state index in [-0.39, 0.29) is 24.2 Å². The molecule has 2 rings (SSSR count). The summed E-state index contributed by atoms with van der Waals surface area (Å²) in [5.41, 5.74) is 6.09. The summed E-state index contributed by atoms with van der Waals surface area (Å²) in [6.07, 6.45) is 0.109. The van der Waals surface area contributed by atoms with Crippen LogP contribution >= 0.6 is 12.2 Å². The number of carbonyl (C=O) groups excluding carboxylic acids is 1. The monoisotopic (exact) mass is 309 g/mol. The highest BCUT2D eigenvalue weighted by atomic mass is 32.1. The lowest BCUT2D eigenvalue weighted by Crippen LogP contribution is -2.54. The van der Waals surface area contributed by atoms with Crippen molar-refractivity contribution in [1.29, 1.82) is 0 Å². The second-order valence-corrected chi connectivity index (χ2v) is 5.73. The summed E-state index contributed by atoms with van der Waals surface area (Å²) in [5.74, 6) is -0.366. The summed E-state index contributed by atoms with van der Waals surface area (Å²) in [6.45, 7) is 4.70. The number of carbonyl (C=O) groups is 1. The lowest BCUT2D eigenvalue weighted by atomic mass is 10.1. The van der Waals surface area contributed by atoms with Gasteiger partial charge in [-0.3, -0.25) is 9.69 Å². The molecule has 1 aliphatic rings. The van der Waals surface area contributed by atoms with E-state index < -0.39 is 0 Å². The molecule has 2 N–H and O–H groups in total. The van der Waals surface area contributed by atoms with Gasteiger partial charge in [0.1, 0.15) is 5.82 Å². The SMILES string of the molecule is CC(C(N)=S)N1CCN(C(=O)Cc2ccccc2F)CC1. The van der Waals surface area contributed by atoms with Gasteiger partial charge >= 0.3 is 0 Å². The Bertz CT molecular complexity index is 529. The van der Waals surface area contributed by atoms with E-state index in [1.54, 1.807) is 23.1 Å². The number of benzene rings is 1. The number of nitrogens with two attached hydrogens (primary N) is 1. The van der Waals surface area contributed by atoms with Gasteiger partial charge in [0.25, 0.3) is 0 Å².